The van der Waals surface area contributed by atoms with E-state index in [9.17, 15) is 4.79 Å². The van der Waals surface area contributed by atoms with Gasteiger partial charge < -0.3 is 16.0 Å². The van der Waals surface area contributed by atoms with E-state index in [1.165, 1.54) is 0 Å². The van der Waals surface area contributed by atoms with Crippen LogP contribution in [0.1, 0.15) is 27.7 Å². The van der Waals surface area contributed by atoms with Crippen LogP contribution in [0.3, 0.4) is 0 Å². The van der Waals surface area contributed by atoms with Crippen LogP contribution >= 0.6 is 0 Å². The summed E-state index contributed by atoms with van der Waals surface area (Å²) in [5.74, 6) is 0.496. The Labute approximate surface area is 116 Å². The van der Waals surface area contributed by atoms with Crippen molar-refractivity contribution in [2.45, 2.75) is 33.7 Å². The van der Waals surface area contributed by atoms with Gasteiger partial charge in [-0.2, -0.15) is 0 Å². The third kappa shape index (κ3) is 4.81. The van der Waals surface area contributed by atoms with E-state index >= 15 is 0 Å². The summed E-state index contributed by atoms with van der Waals surface area (Å²) in [6.45, 7) is 9.42. The summed E-state index contributed by atoms with van der Waals surface area (Å²) in [6, 6.07) is 7.78. The summed E-state index contributed by atoms with van der Waals surface area (Å²) in [7, 11) is 0. The Bertz CT molecular complexity index is 400. The zero-order valence-electron chi connectivity index (χ0n) is 12.3. The van der Waals surface area contributed by atoms with Gasteiger partial charge in [-0.1, -0.05) is 13.8 Å². The van der Waals surface area contributed by atoms with Crippen LogP contribution in [0.25, 0.3) is 0 Å². The van der Waals surface area contributed by atoms with Crippen molar-refractivity contribution in [2.75, 3.05) is 23.7 Å². The van der Waals surface area contributed by atoms with Gasteiger partial charge in [0.25, 0.3) is 0 Å². The van der Waals surface area contributed by atoms with Crippen LogP contribution in [-0.2, 0) is 4.79 Å². The second-order valence-corrected chi connectivity index (χ2v) is 5.21. The molecule has 1 unspecified atom stereocenters. The first-order chi connectivity index (χ1) is 8.93. The van der Waals surface area contributed by atoms with Crippen LogP contribution in [0, 0.1) is 5.92 Å². The van der Waals surface area contributed by atoms with Crippen molar-refractivity contribution in [2.24, 2.45) is 5.92 Å². The van der Waals surface area contributed by atoms with Gasteiger partial charge in [-0.15, -0.1) is 0 Å². The third-order valence-corrected chi connectivity index (χ3v) is 3.36. The predicted molar refractivity (Wildman–Crippen MR) is 81.2 cm³/mol. The lowest BCUT2D eigenvalue weighted by atomic mass is 10.1. The first-order valence-electron chi connectivity index (χ1n) is 6.83. The van der Waals surface area contributed by atoms with Gasteiger partial charge in [0.2, 0.25) is 5.91 Å². The molecule has 0 radical (unpaired) electrons. The minimum absolute atomic E-state index is 0.0554. The fraction of sp³-hybridized carbons (Fsp3) is 0.533. The molecule has 106 valence electrons. The summed E-state index contributed by atoms with van der Waals surface area (Å²) in [5.41, 5.74) is 7.42. The average molecular weight is 263 g/mol. The molecule has 3 N–H and O–H groups in total. The number of carbonyl (C=O) groups excluding carboxylic acids is 1. The molecule has 0 spiro atoms. The Hall–Kier alpha value is -1.71. The number of carbonyl (C=O) groups is 1. The highest BCUT2D eigenvalue weighted by molar-refractivity contribution is 5.81. The summed E-state index contributed by atoms with van der Waals surface area (Å²) in [4.78, 5) is 14.0. The molecule has 1 amide bonds. The van der Waals surface area contributed by atoms with Crippen LogP contribution in [-0.4, -0.2) is 25.0 Å². The van der Waals surface area contributed by atoms with Crippen molar-refractivity contribution in [3.05, 3.63) is 24.3 Å². The minimum Gasteiger partial charge on any atom is -0.399 e. The van der Waals surface area contributed by atoms with Crippen molar-refractivity contribution >= 4 is 17.3 Å². The van der Waals surface area contributed by atoms with Gasteiger partial charge in [0.1, 0.15) is 0 Å². The standard InChI is InChI=1S/C15H25N3O/c1-5-18(14-8-6-13(16)7-9-14)10-15(19)17-12(4)11(2)3/h6-9,11-12H,5,10,16H2,1-4H3,(H,17,19). The molecule has 4 heteroatoms. The van der Waals surface area contributed by atoms with Crippen molar-refractivity contribution in [1.29, 1.82) is 0 Å². The van der Waals surface area contributed by atoms with E-state index in [0.29, 0.717) is 12.5 Å². The number of nitrogens with two attached hydrogens (primary N) is 1. The number of anilines is 2. The summed E-state index contributed by atoms with van der Waals surface area (Å²) < 4.78 is 0. The summed E-state index contributed by atoms with van der Waals surface area (Å²) >= 11 is 0. The third-order valence-electron chi connectivity index (χ3n) is 3.36. The maximum Gasteiger partial charge on any atom is 0.239 e. The lowest BCUT2D eigenvalue weighted by molar-refractivity contribution is -0.120. The molecule has 1 aromatic carbocycles. The zero-order valence-corrected chi connectivity index (χ0v) is 12.3. The van der Waals surface area contributed by atoms with Gasteiger partial charge in [0.05, 0.1) is 6.54 Å². The number of likely N-dealkylation sites (N-methyl/N-ethyl adjacent to an activating group) is 1. The molecular weight excluding hydrogens is 238 g/mol. The molecule has 0 aliphatic heterocycles. The molecule has 4 nitrogen and oxygen atoms in total. The maximum absolute atomic E-state index is 12.0. The highest BCUT2D eigenvalue weighted by Crippen LogP contribution is 2.15. The number of nitrogen functional groups attached to an aromatic ring is 1. The Morgan fingerprint density at radius 1 is 1.26 bits per heavy atom. The SMILES string of the molecule is CCN(CC(=O)NC(C)C(C)C)c1ccc(N)cc1. The number of amides is 1. The number of rotatable bonds is 6. The van der Waals surface area contributed by atoms with Crippen molar-refractivity contribution in [3.63, 3.8) is 0 Å². The van der Waals surface area contributed by atoms with Gasteiger partial charge in [0.15, 0.2) is 0 Å². The first-order valence-corrected chi connectivity index (χ1v) is 6.83. The number of nitrogens with one attached hydrogen (secondary N) is 1. The highest BCUT2D eigenvalue weighted by atomic mass is 16.2. The Kier molecular flexibility index (Phi) is 5.67. The van der Waals surface area contributed by atoms with Crippen molar-refractivity contribution in [1.82, 2.24) is 5.32 Å². The van der Waals surface area contributed by atoms with E-state index in [0.717, 1.165) is 17.9 Å². The quantitative estimate of drug-likeness (QED) is 0.774. The van der Waals surface area contributed by atoms with E-state index in [1.807, 2.05) is 43.0 Å². The molecule has 0 aromatic heterocycles. The predicted octanol–water partition coefficient (Wildman–Crippen LogP) is 2.26. The number of nitrogens with zero attached hydrogens (tertiary/aromatic N) is 1. The van der Waals surface area contributed by atoms with Crippen molar-refractivity contribution < 1.29 is 4.79 Å². The number of hydrogen-bond donors (Lipinski definition) is 2. The van der Waals surface area contributed by atoms with Crippen LogP contribution in [0.4, 0.5) is 11.4 Å². The largest absolute Gasteiger partial charge is 0.399 e. The number of hydrogen-bond acceptors (Lipinski definition) is 3. The van der Waals surface area contributed by atoms with Crippen LogP contribution < -0.4 is 16.0 Å². The van der Waals surface area contributed by atoms with E-state index in [2.05, 4.69) is 19.2 Å². The average Bonchev–Trinajstić information content (AvgIpc) is 2.37. The molecule has 0 aliphatic carbocycles. The van der Waals surface area contributed by atoms with Gasteiger partial charge in [-0.25, -0.2) is 0 Å². The van der Waals surface area contributed by atoms with E-state index in [-0.39, 0.29) is 11.9 Å². The second kappa shape index (κ2) is 7.02. The molecule has 0 fully saturated rings. The summed E-state index contributed by atoms with van der Waals surface area (Å²) in [6.07, 6.45) is 0. The molecule has 0 aliphatic rings. The van der Waals surface area contributed by atoms with Crippen LogP contribution in [0.2, 0.25) is 0 Å². The van der Waals surface area contributed by atoms with Gasteiger partial charge in [-0.05, 0) is 44.0 Å². The van der Waals surface area contributed by atoms with Crippen LogP contribution in [0.5, 0.6) is 0 Å². The monoisotopic (exact) mass is 263 g/mol. The first kappa shape index (κ1) is 15.3. The molecule has 19 heavy (non-hydrogen) atoms. The molecule has 0 saturated heterocycles. The zero-order chi connectivity index (χ0) is 14.4. The molecule has 1 aromatic rings. The van der Waals surface area contributed by atoms with E-state index in [1.54, 1.807) is 0 Å². The van der Waals surface area contributed by atoms with Gasteiger partial charge in [-0.3, -0.25) is 4.79 Å². The minimum atomic E-state index is 0.0554. The Morgan fingerprint density at radius 3 is 2.32 bits per heavy atom. The van der Waals surface area contributed by atoms with Gasteiger partial charge >= 0.3 is 0 Å². The molecule has 0 heterocycles. The number of benzene rings is 1. The molecular formula is C15H25N3O. The normalized spacial score (nSPS) is 12.3. The van der Waals surface area contributed by atoms with Crippen LogP contribution in [0.15, 0.2) is 24.3 Å². The molecule has 0 bridgehead atoms. The fourth-order valence-corrected chi connectivity index (χ4v) is 1.71. The van der Waals surface area contributed by atoms with Crippen molar-refractivity contribution in [3.8, 4) is 0 Å². The molecule has 1 atom stereocenters. The second-order valence-electron chi connectivity index (χ2n) is 5.21. The highest BCUT2D eigenvalue weighted by Gasteiger charge is 2.14. The van der Waals surface area contributed by atoms with Gasteiger partial charge in [0, 0.05) is 24.0 Å². The smallest absolute Gasteiger partial charge is 0.239 e. The lowest BCUT2D eigenvalue weighted by Crippen LogP contribution is -2.43. The molecule has 0 saturated carbocycles. The Morgan fingerprint density at radius 2 is 1.84 bits per heavy atom. The van der Waals surface area contributed by atoms with E-state index in [4.69, 9.17) is 5.73 Å². The lowest BCUT2D eigenvalue weighted by Gasteiger charge is -2.24. The van der Waals surface area contributed by atoms with E-state index < -0.39 is 0 Å². The fourth-order valence-electron chi connectivity index (χ4n) is 1.71. The summed E-state index contributed by atoms with van der Waals surface area (Å²) in [5, 5.41) is 3.02. The maximum atomic E-state index is 12.0. The topological polar surface area (TPSA) is 58.4 Å². The molecule has 1 rings (SSSR count). The Balaban J connectivity index is 2.62.